The maximum absolute atomic E-state index is 12.9. The maximum atomic E-state index is 12.9. The first-order valence-electron chi connectivity index (χ1n) is 10.6. The number of nitrogens with one attached hydrogen (secondary N) is 2. The Kier molecular flexibility index (Phi) is 8.87. The molecule has 3 aromatic rings. The highest BCUT2D eigenvalue weighted by Crippen LogP contribution is 2.26. The predicted molar refractivity (Wildman–Crippen MR) is 133 cm³/mol. The normalized spacial score (nSPS) is 12.1. The van der Waals surface area contributed by atoms with E-state index in [9.17, 15) is 9.59 Å². The topological polar surface area (TPSA) is 102 Å². The van der Waals surface area contributed by atoms with Crippen molar-refractivity contribution >= 4 is 51.6 Å². The predicted octanol–water partition coefficient (Wildman–Crippen LogP) is 4.96. The number of halogens is 1. The molecule has 1 atom stereocenters. The Morgan fingerprint density at radius 1 is 1.24 bits per heavy atom. The number of thioether (sulfide) groups is 1. The van der Waals surface area contributed by atoms with E-state index in [2.05, 4.69) is 39.7 Å². The van der Waals surface area contributed by atoms with Crippen molar-refractivity contribution in [1.29, 1.82) is 0 Å². The van der Waals surface area contributed by atoms with E-state index in [0.717, 1.165) is 5.69 Å². The van der Waals surface area contributed by atoms with Crippen molar-refractivity contribution in [3.8, 4) is 0 Å². The molecule has 0 aliphatic rings. The van der Waals surface area contributed by atoms with Crippen molar-refractivity contribution in [1.82, 2.24) is 25.1 Å². The summed E-state index contributed by atoms with van der Waals surface area (Å²) in [5.74, 6) is 0.728. The first-order chi connectivity index (χ1) is 15.8. The highest BCUT2D eigenvalue weighted by molar-refractivity contribution is 7.99. The number of amides is 2. The third kappa shape index (κ3) is 6.78. The summed E-state index contributed by atoms with van der Waals surface area (Å²) in [5.41, 5.74) is 1.28. The van der Waals surface area contributed by atoms with Crippen LogP contribution in [0.4, 0.5) is 5.13 Å². The molecule has 3 rings (SSSR count). The molecule has 0 fully saturated rings. The summed E-state index contributed by atoms with van der Waals surface area (Å²) in [7, 11) is 0. The summed E-state index contributed by atoms with van der Waals surface area (Å²) in [6.45, 7) is 8.64. The lowest BCUT2D eigenvalue weighted by molar-refractivity contribution is -0.113. The van der Waals surface area contributed by atoms with E-state index in [-0.39, 0.29) is 23.6 Å². The fraction of sp³-hybridized carbons (Fsp3) is 0.409. The smallest absolute Gasteiger partial charge is 0.253 e. The van der Waals surface area contributed by atoms with Crippen LogP contribution in [0.25, 0.3) is 0 Å². The third-order valence-corrected chi connectivity index (χ3v) is 6.87. The largest absolute Gasteiger partial charge is 0.342 e. The first kappa shape index (κ1) is 25.2. The van der Waals surface area contributed by atoms with Gasteiger partial charge in [0.05, 0.1) is 28.1 Å². The van der Waals surface area contributed by atoms with Crippen LogP contribution in [-0.2, 0) is 11.3 Å². The fourth-order valence-corrected chi connectivity index (χ4v) is 4.98. The number of hydrogen-bond acceptors (Lipinski definition) is 7. The lowest BCUT2D eigenvalue weighted by Crippen LogP contribution is -2.31. The van der Waals surface area contributed by atoms with Gasteiger partial charge in [-0.25, -0.2) is 4.98 Å². The SMILES string of the molecule is CCn1c(SCC(=O)Nc2nc(C)cs2)nnc1[C@H](CC(C)C)NC(=O)c1ccccc1Cl. The highest BCUT2D eigenvalue weighted by Gasteiger charge is 2.25. The number of aromatic nitrogens is 4. The standard InChI is InChI=1S/C22H27ClN6O2S2/c1-5-29-19(17(10-13(2)3)25-20(31)15-8-6-7-9-16(15)23)27-28-22(29)33-12-18(30)26-21-24-14(4)11-32-21/h6-9,11,13,17H,5,10,12H2,1-4H3,(H,25,31)(H,24,26,30)/t17-/m0/s1. The number of rotatable bonds is 10. The number of carbonyl (C=O) groups excluding carboxylic acids is 2. The lowest BCUT2D eigenvalue weighted by atomic mass is 10.0. The molecule has 0 saturated carbocycles. The molecule has 0 aliphatic carbocycles. The summed E-state index contributed by atoms with van der Waals surface area (Å²) in [5, 5.41) is 18.0. The van der Waals surface area contributed by atoms with Gasteiger partial charge >= 0.3 is 0 Å². The van der Waals surface area contributed by atoms with Gasteiger partial charge in [-0.1, -0.05) is 49.3 Å². The molecule has 2 heterocycles. The molecule has 0 aliphatic heterocycles. The Labute approximate surface area is 206 Å². The number of benzene rings is 1. The molecule has 2 aromatic heterocycles. The zero-order valence-corrected chi connectivity index (χ0v) is 21.4. The summed E-state index contributed by atoms with van der Waals surface area (Å²) in [6.07, 6.45) is 0.683. The molecule has 0 spiro atoms. The number of aryl methyl sites for hydroxylation is 1. The van der Waals surface area contributed by atoms with Crippen LogP contribution in [0.2, 0.25) is 5.02 Å². The summed E-state index contributed by atoms with van der Waals surface area (Å²) in [6, 6.07) is 6.60. The van der Waals surface area contributed by atoms with Crippen LogP contribution in [0, 0.1) is 12.8 Å². The van der Waals surface area contributed by atoms with Crippen molar-refractivity contribution in [3.05, 3.63) is 51.7 Å². The molecule has 11 heteroatoms. The van der Waals surface area contributed by atoms with Crippen molar-refractivity contribution in [2.24, 2.45) is 5.92 Å². The molecule has 2 N–H and O–H groups in total. The van der Waals surface area contributed by atoms with Crippen LogP contribution in [0.5, 0.6) is 0 Å². The van der Waals surface area contributed by atoms with Gasteiger partial charge in [0, 0.05) is 11.9 Å². The average molecular weight is 507 g/mol. The second-order valence-corrected chi connectivity index (χ2v) is 10.1. The van der Waals surface area contributed by atoms with E-state index in [4.69, 9.17) is 11.6 Å². The van der Waals surface area contributed by atoms with E-state index in [1.165, 1.54) is 23.1 Å². The van der Waals surface area contributed by atoms with Crippen molar-refractivity contribution in [3.63, 3.8) is 0 Å². The second-order valence-electron chi connectivity index (χ2n) is 7.85. The van der Waals surface area contributed by atoms with Crippen LogP contribution in [0.1, 0.15) is 55.1 Å². The Morgan fingerprint density at radius 3 is 2.64 bits per heavy atom. The molecular weight excluding hydrogens is 480 g/mol. The molecule has 176 valence electrons. The van der Waals surface area contributed by atoms with Crippen LogP contribution in [0.3, 0.4) is 0 Å². The third-order valence-electron chi connectivity index (χ3n) is 4.70. The van der Waals surface area contributed by atoms with Gasteiger partial charge in [-0.15, -0.1) is 21.5 Å². The molecule has 0 bridgehead atoms. The number of nitrogens with zero attached hydrogens (tertiary/aromatic N) is 4. The van der Waals surface area contributed by atoms with E-state index in [1.807, 2.05) is 23.8 Å². The van der Waals surface area contributed by atoms with Gasteiger partial charge in [0.15, 0.2) is 16.1 Å². The van der Waals surface area contributed by atoms with Crippen LogP contribution in [-0.4, -0.2) is 37.3 Å². The van der Waals surface area contributed by atoms with Gasteiger partial charge in [-0.05, 0) is 38.3 Å². The van der Waals surface area contributed by atoms with Crippen LogP contribution in [0.15, 0.2) is 34.8 Å². The molecule has 33 heavy (non-hydrogen) atoms. The van der Waals surface area contributed by atoms with Gasteiger partial charge in [0.1, 0.15) is 0 Å². The van der Waals surface area contributed by atoms with Gasteiger partial charge in [0.2, 0.25) is 5.91 Å². The lowest BCUT2D eigenvalue weighted by Gasteiger charge is -2.21. The average Bonchev–Trinajstić information content (AvgIpc) is 3.37. The minimum Gasteiger partial charge on any atom is -0.342 e. The van der Waals surface area contributed by atoms with E-state index < -0.39 is 0 Å². The molecule has 0 unspecified atom stereocenters. The minimum atomic E-state index is -0.345. The molecule has 8 nitrogen and oxygen atoms in total. The van der Waals surface area contributed by atoms with Gasteiger partial charge in [-0.3, -0.25) is 9.59 Å². The zero-order chi connectivity index (χ0) is 24.0. The number of carbonyl (C=O) groups is 2. The van der Waals surface area contributed by atoms with Gasteiger partial charge < -0.3 is 15.2 Å². The number of thiazole rings is 1. The van der Waals surface area contributed by atoms with Crippen LogP contribution < -0.4 is 10.6 Å². The monoisotopic (exact) mass is 506 g/mol. The fourth-order valence-electron chi connectivity index (χ4n) is 3.24. The van der Waals surface area contributed by atoms with Crippen molar-refractivity contribution in [2.45, 2.75) is 51.9 Å². The Morgan fingerprint density at radius 2 is 2.00 bits per heavy atom. The summed E-state index contributed by atoms with van der Waals surface area (Å²) in [4.78, 5) is 29.5. The van der Waals surface area contributed by atoms with E-state index >= 15 is 0 Å². The minimum absolute atomic E-state index is 0.160. The highest BCUT2D eigenvalue weighted by atomic mass is 35.5. The zero-order valence-electron chi connectivity index (χ0n) is 19.0. The molecule has 2 amide bonds. The molecule has 0 radical (unpaired) electrons. The molecule has 0 saturated heterocycles. The van der Waals surface area contributed by atoms with Gasteiger partial charge in [0.25, 0.3) is 5.91 Å². The van der Waals surface area contributed by atoms with E-state index in [0.29, 0.717) is 45.6 Å². The quantitative estimate of drug-likeness (QED) is 0.376. The van der Waals surface area contributed by atoms with Crippen molar-refractivity contribution in [2.75, 3.05) is 11.1 Å². The first-order valence-corrected chi connectivity index (χ1v) is 12.9. The van der Waals surface area contributed by atoms with Crippen molar-refractivity contribution < 1.29 is 9.59 Å². The Hall–Kier alpha value is -2.43. The van der Waals surface area contributed by atoms with Gasteiger partial charge in [-0.2, -0.15) is 0 Å². The maximum Gasteiger partial charge on any atom is 0.253 e. The molecular formula is C22H27ClN6O2S2. The Balaban J connectivity index is 1.74. The number of hydrogen-bond donors (Lipinski definition) is 2. The second kappa shape index (κ2) is 11.6. The number of anilines is 1. The van der Waals surface area contributed by atoms with Crippen LogP contribution >= 0.6 is 34.7 Å². The summed E-state index contributed by atoms with van der Waals surface area (Å²) >= 11 is 8.90. The summed E-state index contributed by atoms with van der Waals surface area (Å²) < 4.78 is 1.94. The Bertz CT molecular complexity index is 1110. The van der Waals surface area contributed by atoms with E-state index in [1.54, 1.807) is 24.3 Å². The molecule has 1 aromatic carbocycles.